The number of nitrogens with zero attached hydrogens (tertiary/aromatic N) is 1. The lowest BCUT2D eigenvalue weighted by Crippen LogP contribution is -2.43. The zero-order chi connectivity index (χ0) is 14.6. The van der Waals surface area contributed by atoms with Crippen molar-refractivity contribution in [3.8, 4) is 12.8 Å². The van der Waals surface area contributed by atoms with Gasteiger partial charge in [-0.3, -0.25) is 4.79 Å². The average molecular weight is 241 g/mol. The number of terminal acetylenes is 1. The molecule has 0 aliphatic carbocycles. The summed E-state index contributed by atoms with van der Waals surface area (Å²) in [6.07, 6.45) is 9.13. The van der Waals surface area contributed by atoms with Crippen molar-refractivity contribution in [3.63, 3.8) is 0 Å². The monoisotopic (exact) mass is 241 g/mol. The first kappa shape index (κ1) is 21.3. The maximum Gasteiger partial charge on any atom is 0.219 e. The molecule has 0 heterocycles. The quantitative estimate of drug-likeness (QED) is 0.685. The van der Waals surface area contributed by atoms with E-state index in [1.165, 1.54) is 0 Å². The fraction of sp³-hybridized carbons (Fsp3) is 0.800. The normalized spacial score (nSPS) is 12.4. The smallest absolute Gasteiger partial charge is 0.219 e. The summed E-state index contributed by atoms with van der Waals surface area (Å²) in [5.41, 5.74) is 0. The lowest BCUT2D eigenvalue weighted by Gasteiger charge is -2.35. The molecule has 0 aliphatic heterocycles. The van der Waals surface area contributed by atoms with Crippen LogP contribution in [-0.2, 0) is 4.79 Å². The summed E-state index contributed by atoms with van der Waals surface area (Å²) in [6, 6.07) is 0.377. The Morgan fingerprint density at radius 2 is 1.53 bits per heavy atom. The fourth-order valence-corrected chi connectivity index (χ4v) is 1.94. The Morgan fingerprint density at radius 3 is 1.71 bits per heavy atom. The highest BCUT2D eigenvalue weighted by atomic mass is 16.2. The minimum atomic E-state index is 0.166. The standard InChI is InChI=1S/C11H23NO.C2H6.C2H2/c1-7-9(4)11(8(2)3)12(6)10(5)13;2*1-2/h8-9,11H,7H2,1-6H3;1-2H3;1-2H. The van der Waals surface area contributed by atoms with E-state index in [2.05, 4.69) is 40.5 Å². The molecule has 0 radical (unpaired) electrons. The van der Waals surface area contributed by atoms with Gasteiger partial charge in [0, 0.05) is 20.0 Å². The Labute approximate surface area is 109 Å². The second-order valence-electron chi connectivity index (χ2n) is 4.25. The molecule has 2 heteroatoms. The number of amides is 1. The molecule has 2 unspecified atom stereocenters. The molecule has 2 nitrogen and oxygen atoms in total. The Hall–Kier alpha value is -0.970. The maximum atomic E-state index is 11.2. The molecule has 1 amide bonds. The molecular weight excluding hydrogens is 210 g/mol. The Kier molecular flexibility index (Phi) is 16.4. The van der Waals surface area contributed by atoms with E-state index in [4.69, 9.17) is 0 Å². The van der Waals surface area contributed by atoms with Crippen LogP contribution in [0.1, 0.15) is 54.9 Å². The van der Waals surface area contributed by atoms with Gasteiger partial charge in [0.15, 0.2) is 0 Å². The molecule has 102 valence electrons. The van der Waals surface area contributed by atoms with Crippen LogP contribution in [0.4, 0.5) is 0 Å². The highest BCUT2D eigenvalue weighted by molar-refractivity contribution is 5.73. The van der Waals surface area contributed by atoms with Crippen LogP contribution >= 0.6 is 0 Å². The largest absolute Gasteiger partial charge is 0.342 e. The summed E-state index contributed by atoms with van der Waals surface area (Å²) in [5.74, 6) is 1.27. The number of rotatable bonds is 4. The molecule has 0 rings (SSSR count). The summed E-state index contributed by atoms with van der Waals surface area (Å²) in [6.45, 7) is 14.4. The van der Waals surface area contributed by atoms with Crippen LogP contribution in [0.3, 0.4) is 0 Å². The Morgan fingerprint density at radius 1 is 1.18 bits per heavy atom. The van der Waals surface area contributed by atoms with E-state index >= 15 is 0 Å². The van der Waals surface area contributed by atoms with Crippen molar-refractivity contribution in [2.24, 2.45) is 11.8 Å². The van der Waals surface area contributed by atoms with Crippen molar-refractivity contribution in [1.29, 1.82) is 0 Å². The summed E-state index contributed by atoms with van der Waals surface area (Å²) in [7, 11) is 1.90. The molecular formula is C15H31NO. The molecule has 0 bridgehead atoms. The first-order valence-corrected chi connectivity index (χ1v) is 6.48. The van der Waals surface area contributed by atoms with Crippen molar-refractivity contribution < 1.29 is 4.79 Å². The van der Waals surface area contributed by atoms with Crippen molar-refractivity contribution in [1.82, 2.24) is 4.90 Å². The Balaban J connectivity index is -0.000000439. The molecule has 0 spiro atoms. The average Bonchev–Trinajstić information content (AvgIpc) is 2.33. The van der Waals surface area contributed by atoms with E-state index in [9.17, 15) is 4.79 Å². The molecule has 0 aliphatic rings. The van der Waals surface area contributed by atoms with Crippen molar-refractivity contribution in [2.75, 3.05) is 7.05 Å². The maximum absolute atomic E-state index is 11.2. The van der Waals surface area contributed by atoms with Gasteiger partial charge in [0.25, 0.3) is 0 Å². The lowest BCUT2D eigenvalue weighted by molar-refractivity contribution is -0.131. The topological polar surface area (TPSA) is 20.3 Å². The van der Waals surface area contributed by atoms with E-state index in [1.807, 2.05) is 25.8 Å². The van der Waals surface area contributed by atoms with Crippen LogP contribution < -0.4 is 0 Å². The zero-order valence-electron chi connectivity index (χ0n) is 12.9. The van der Waals surface area contributed by atoms with Crippen LogP contribution in [0.25, 0.3) is 0 Å². The summed E-state index contributed by atoms with van der Waals surface area (Å²) >= 11 is 0. The fourth-order valence-electron chi connectivity index (χ4n) is 1.94. The van der Waals surface area contributed by atoms with Gasteiger partial charge in [-0.25, -0.2) is 0 Å². The number of hydrogen-bond donors (Lipinski definition) is 0. The first-order valence-electron chi connectivity index (χ1n) is 6.48. The van der Waals surface area contributed by atoms with Gasteiger partial charge in [0.05, 0.1) is 0 Å². The Bertz CT molecular complexity index is 196. The van der Waals surface area contributed by atoms with Crippen LogP contribution in [0.2, 0.25) is 0 Å². The SMILES string of the molecule is C#C.CC.CCC(C)C(C(C)C)N(C)C(C)=O. The molecule has 17 heavy (non-hydrogen) atoms. The minimum Gasteiger partial charge on any atom is -0.342 e. The molecule has 0 aromatic heterocycles. The molecule has 0 saturated heterocycles. The van der Waals surface area contributed by atoms with Crippen LogP contribution in [-0.4, -0.2) is 23.9 Å². The minimum absolute atomic E-state index is 0.166. The van der Waals surface area contributed by atoms with Crippen LogP contribution in [0.15, 0.2) is 0 Å². The molecule has 0 saturated carbocycles. The molecule has 2 atom stereocenters. The van der Waals surface area contributed by atoms with Gasteiger partial charge in [-0.15, -0.1) is 12.8 Å². The lowest BCUT2D eigenvalue weighted by atomic mass is 9.89. The van der Waals surface area contributed by atoms with E-state index in [-0.39, 0.29) is 5.91 Å². The second-order valence-corrected chi connectivity index (χ2v) is 4.25. The van der Waals surface area contributed by atoms with Gasteiger partial charge < -0.3 is 4.90 Å². The van der Waals surface area contributed by atoms with Crippen LogP contribution in [0.5, 0.6) is 0 Å². The summed E-state index contributed by atoms with van der Waals surface area (Å²) in [5, 5.41) is 0. The van der Waals surface area contributed by atoms with Gasteiger partial charge in [0.2, 0.25) is 5.91 Å². The number of hydrogen-bond acceptors (Lipinski definition) is 1. The van der Waals surface area contributed by atoms with Gasteiger partial charge in [0.1, 0.15) is 0 Å². The third kappa shape index (κ3) is 8.80. The van der Waals surface area contributed by atoms with Crippen molar-refractivity contribution in [3.05, 3.63) is 0 Å². The summed E-state index contributed by atoms with van der Waals surface area (Å²) in [4.78, 5) is 13.1. The molecule has 0 fully saturated rings. The number of carbonyl (C=O) groups is 1. The van der Waals surface area contributed by atoms with E-state index in [0.717, 1.165) is 6.42 Å². The third-order valence-electron chi connectivity index (χ3n) is 2.85. The van der Waals surface area contributed by atoms with Gasteiger partial charge in [-0.2, -0.15) is 0 Å². The van der Waals surface area contributed by atoms with E-state index < -0.39 is 0 Å². The van der Waals surface area contributed by atoms with Crippen LogP contribution in [0, 0.1) is 24.7 Å². The van der Waals surface area contributed by atoms with Gasteiger partial charge in [-0.1, -0.05) is 48.0 Å². The highest BCUT2D eigenvalue weighted by Crippen LogP contribution is 2.20. The molecule has 0 aromatic carbocycles. The van der Waals surface area contributed by atoms with E-state index in [1.54, 1.807) is 6.92 Å². The van der Waals surface area contributed by atoms with Crippen molar-refractivity contribution >= 4 is 5.91 Å². The molecule has 0 aromatic rings. The zero-order valence-corrected chi connectivity index (χ0v) is 12.9. The second kappa shape index (κ2) is 13.1. The number of carbonyl (C=O) groups excluding carboxylic acids is 1. The summed E-state index contributed by atoms with van der Waals surface area (Å²) < 4.78 is 0. The first-order chi connectivity index (χ1) is 7.91. The van der Waals surface area contributed by atoms with Crippen molar-refractivity contribution in [2.45, 2.75) is 60.9 Å². The highest BCUT2D eigenvalue weighted by Gasteiger charge is 2.25. The van der Waals surface area contributed by atoms with Gasteiger partial charge in [-0.05, 0) is 11.8 Å². The predicted molar refractivity (Wildman–Crippen MR) is 77.8 cm³/mol. The predicted octanol–water partition coefficient (Wildman–Crippen LogP) is 3.81. The molecule has 0 N–H and O–H groups in total. The van der Waals surface area contributed by atoms with Gasteiger partial charge >= 0.3 is 0 Å². The van der Waals surface area contributed by atoms with E-state index in [0.29, 0.717) is 17.9 Å². The third-order valence-corrected chi connectivity index (χ3v) is 2.85.